The molecule has 2 aliphatic heterocycles. The number of carbonyl (C=O) groups excluding carboxylic acids is 3. The van der Waals surface area contributed by atoms with Gasteiger partial charge in [0.25, 0.3) is 5.91 Å². The van der Waals surface area contributed by atoms with Gasteiger partial charge in [-0.25, -0.2) is 0 Å². The number of nitrogens with one attached hydrogen (secondary N) is 2. The molecule has 0 unspecified atom stereocenters. The van der Waals surface area contributed by atoms with Gasteiger partial charge in [0.05, 0.1) is 12.1 Å². The van der Waals surface area contributed by atoms with Crippen molar-refractivity contribution in [2.24, 2.45) is 5.73 Å². The van der Waals surface area contributed by atoms with Gasteiger partial charge in [-0.3, -0.25) is 14.4 Å². The Kier molecular flexibility index (Phi) is 4.89. The molecule has 3 amide bonds. The van der Waals surface area contributed by atoms with Gasteiger partial charge in [-0.05, 0) is 31.0 Å². The topological polar surface area (TPSA) is 114 Å². The lowest BCUT2D eigenvalue weighted by atomic mass is 10.1. The summed E-state index contributed by atoms with van der Waals surface area (Å²) in [5.74, 6) is 0.0269. The maximum absolute atomic E-state index is 12.7. The highest BCUT2D eigenvalue weighted by molar-refractivity contribution is 5.95. The lowest BCUT2D eigenvalue weighted by Crippen LogP contribution is -2.46. The van der Waals surface area contributed by atoms with Gasteiger partial charge in [0, 0.05) is 19.1 Å². The van der Waals surface area contributed by atoms with Crippen molar-refractivity contribution in [3.05, 3.63) is 23.8 Å². The molecule has 0 spiro atoms. The molecule has 0 radical (unpaired) electrons. The molecule has 0 aromatic heterocycles. The first-order valence-corrected chi connectivity index (χ1v) is 8.36. The molecule has 25 heavy (non-hydrogen) atoms. The van der Waals surface area contributed by atoms with Crippen LogP contribution < -0.4 is 21.1 Å². The molecule has 3 rings (SSSR count). The third-order valence-electron chi connectivity index (χ3n) is 4.34. The fraction of sp³-hybridized carbons (Fsp3) is 0.471. The maximum atomic E-state index is 12.7. The molecule has 8 heteroatoms. The van der Waals surface area contributed by atoms with E-state index in [0.29, 0.717) is 30.9 Å². The van der Waals surface area contributed by atoms with Gasteiger partial charge in [-0.15, -0.1) is 0 Å². The summed E-state index contributed by atoms with van der Waals surface area (Å²) in [6.45, 7) is 2.70. The normalized spacial score (nSPS) is 22.0. The smallest absolute Gasteiger partial charge is 0.262 e. The average molecular weight is 346 g/mol. The SMILES string of the molecule is CCNC(=O)[C@@H]1C[C@@H](N)CN1C(=O)Cc1ccc2c(c1)NC(=O)CO2. The second-order valence-electron chi connectivity index (χ2n) is 6.30. The highest BCUT2D eigenvalue weighted by Gasteiger charge is 2.37. The number of likely N-dealkylation sites (tertiary alicyclic amines) is 1. The molecule has 2 aliphatic rings. The van der Waals surface area contributed by atoms with Crippen LogP contribution in [0.15, 0.2) is 18.2 Å². The molecule has 2 atom stereocenters. The van der Waals surface area contributed by atoms with E-state index < -0.39 is 6.04 Å². The highest BCUT2D eigenvalue weighted by atomic mass is 16.5. The van der Waals surface area contributed by atoms with Gasteiger partial charge in [0.2, 0.25) is 11.8 Å². The van der Waals surface area contributed by atoms with Crippen LogP contribution in [0.5, 0.6) is 5.75 Å². The first-order chi connectivity index (χ1) is 12.0. The lowest BCUT2D eigenvalue weighted by Gasteiger charge is -2.24. The number of anilines is 1. The second kappa shape index (κ2) is 7.10. The van der Waals surface area contributed by atoms with Crippen LogP contribution in [0, 0.1) is 0 Å². The predicted octanol–water partition coefficient (Wildman–Crippen LogP) is -0.376. The number of hydrogen-bond acceptors (Lipinski definition) is 5. The third-order valence-corrected chi connectivity index (χ3v) is 4.34. The number of fused-ring (bicyclic) bond motifs is 1. The summed E-state index contributed by atoms with van der Waals surface area (Å²) in [6.07, 6.45) is 0.595. The van der Waals surface area contributed by atoms with Crippen LogP contribution in [-0.4, -0.2) is 54.4 Å². The quantitative estimate of drug-likeness (QED) is 0.688. The number of amides is 3. The number of hydrogen-bond donors (Lipinski definition) is 3. The Morgan fingerprint density at radius 3 is 3.00 bits per heavy atom. The Morgan fingerprint density at radius 1 is 1.44 bits per heavy atom. The van der Waals surface area contributed by atoms with Crippen molar-refractivity contribution in [3.63, 3.8) is 0 Å². The Balaban J connectivity index is 1.72. The minimum Gasteiger partial charge on any atom is -0.482 e. The van der Waals surface area contributed by atoms with Crippen LogP contribution in [-0.2, 0) is 20.8 Å². The van der Waals surface area contributed by atoms with Crippen molar-refractivity contribution in [2.75, 3.05) is 25.0 Å². The number of benzene rings is 1. The van der Waals surface area contributed by atoms with E-state index in [9.17, 15) is 14.4 Å². The summed E-state index contributed by atoms with van der Waals surface area (Å²) in [6, 6.07) is 4.51. The third kappa shape index (κ3) is 3.74. The van der Waals surface area contributed by atoms with Crippen LogP contribution in [0.4, 0.5) is 5.69 Å². The van der Waals surface area contributed by atoms with Gasteiger partial charge in [0.15, 0.2) is 6.61 Å². The molecular formula is C17H22N4O4. The first-order valence-electron chi connectivity index (χ1n) is 8.36. The van der Waals surface area contributed by atoms with Crippen LogP contribution >= 0.6 is 0 Å². The number of carbonyl (C=O) groups is 3. The molecule has 8 nitrogen and oxygen atoms in total. The maximum Gasteiger partial charge on any atom is 0.262 e. The standard InChI is InChI=1S/C17H22N4O4/c1-2-19-17(24)13-7-11(18)8-21(13)16(23)6-10-3-4-14-12(5-10)20-15(22)9-25-14/h3-5,11,13H,2,6-9,18H2,1H3,(H,19,24)(H,20,22)/t11-,13+/m1/s1. The van der Waals surface area contributed by atoms with Crippen LogP contribution in [0.3, 0.4) is 0 Å². The summed E-state index contributed by atoms with van der Waals surface area (Å²) < 4.78 is 5.31. The molecular weight excluding hydrogens is 324 g/mol. The minimum atomic E-state index is -0.525. The molecule has 0 aliphatic carbocycles. The van der Waals surface area contributed by atoms with Gasteiger partial charge >= 0.3 is 0 Å². The number of nitrogens with zero attached hydrogens (tertiary/aromatic N) is 1. The zero-order valence-electron chi connectivity index (χ0n) is 14.1. The Labute approximate surface area is 145 Å². The molecule has 134 valence electrons. The summed E-state index contributed by atoms with van der Waals surface area (Å²) >= 11 is 0. The molecule has 2 heterocycles. The van der Waals surface area contributed by atoms with Gasteiger partial charge < -0.3 is 26.0 Å². The lowest BCUT2D eigenvalue weighted by molar-refractivity contribution is -0.137. The zero-order valence-corrected chi connectivity index (χ0v) is 14.1. The molecule has 1 fully saturated rings. The van der Waals surface area contributed by atoms with Crippen molar-refractivity contribution < 1.29 is 19.1 Å². The number of rotatable bonds is 4. The average Bonchev–Trinajstić information content (AvgIpc) is 2.97. The monoisotopic (exact) mass is 346 g/mol. The fourth-order valence-electron chi connectivity index (χ4n) is 3.20. The summed E-state index contributed by atoms with van der Waals surface area (Å²) in [4.78, 5) is 37.8. The van der Waals surface area contributed by atoms with E-state index in [2.05, 4.69) is 10.6 Å². The molecule has 1 aromatic rings. The van der Waals surface area contributed by atoms with Crippen LogP contribution in [0.25, 0.3) is 0 Å². The Bertz CT molecular complexity index is 706. The van der Waals surface area contributed by atoms with E-state index in [1.165, 1.54) is 0 Å². The van der Waals surface area contributed by atoms with Crippen molar-refractivity contribution in [1.29, 1.82) is 0 Å². The summed E-state index contributed by atoms with van der Waals surface area (Å²) in [5, 5.41) is 5.47. The van der Waals surface area contributed by atoms with Crippen molar-refractivity contribution in [3.8, 4) is 5.75 Å². The highest BCUT2D eigenvalue weighted by Crippen LogP contribution is 2.29. The largest absolute Gasteiger partial charge is 0.482 e. The molecule has 4 N–H and O–H groups in total. The predicted molar refractivity (Wildman–Crippen MR) is 91.0 cm³/mol. The van der Waals surface area contributed by atoms with Gasteiger partial charge in [-0.1, -0.05) is 6.07 Å². The Morgan fingerprint density at radius 2 is 2.24 bits per heavy atom. The summed E-state index contributed by atoms with van der Waals surface area (Å²) in [7, 11) is 0. The van der Waals surface area contributed by atoms with Gasteiger partial charge in [0.1, 0.15) is 11.8 Å². The number of nitrogens with two attached hydrogens (primary N) is 1. The van der Waals surface area contributed by atoms with Crippen molar-refractivity contribution >= 4 is 23.4 Å². The molecule has 0 bridgehead atoms. The second-order valence-corrected chi connectivity index (χ2v) is 6.30. The number of likely N-dealkylation sites (N-methyl/N-ethyl adjacent to an activating group) is 1. The van der Waals surface area contributed by atoms with E-state index >= 15 is 0 Å². The first kappa shape index (κ1) is 17.2. The van der Waals surface area contributed by atoms with E-state index in [-0.39, 0.29) is 36.8 Å². The number of ether oxygens (including phenoxy) is 1. The van der Waals surface area contributed by atoms with E-state index in [1.807, 2.05) is 6.92 Å². The van der Waals surface area contributed by atoms with Crippen LogP contribution in [0.2, 0.25) is 0 Å². The zero-order chi connectivity index (χ0) is 18.0. The van der Waals surface area contributed by atoms with Crippen molar-refractivity contribution in [1.82, 2.24) is 10.2 Å². The molecule has 0 saturated carbocycles. The Hall–Kier alpha value is -2.61. The van der Waals surface area contributed by atoms with E-state index in [1.54, 1.807) is 23.1 Å². The van der Waals surface area contributed by atoms with Crippen LogP contribution in [0.1, 0.15) is 18.9 Å². The molecule has 1 saturated heterocycles. The molecule has 1 aromatic carbocycles. The summed E-state index contributed by atoms with van der Waals surface area (Å²) in [5.41, 5.74) is 7.25. The minimum absolute atomic E-state index is 0.00877. The van der Waals surface area contributed by atoms with E-state index in [4.69, 9.17) is 10.5 Å². The van der Waals surface area contributed by atoms with E-state index in [0.717, 1.165) is 5.56 Å². The fourth-order valence-corrected chi connectivity index (χ4v) is 3.20. The van der Waals surface area contributed by atoms with Gasteiger partial charge in [-0.2, -0.15) is 0 Å². The van der Waals surface area contributed by atoms with Crippen molar-refractivity contribution in [2.45, 2.75) is 31.8 Å².